The van der Waals surface area contributed by atoms with E-state index in [1.807, 2.05) is 13.0 Å². The summed E-state index contributed by atoms with van der Waals surface area (Å²) in [5.41, 5.74) is 8.46. The lowest BCUT2D eigenvalue weighted by Crippen LogP contribution is -2.34. The first-order valence-corrected chi connectivity index (χ1v) is 13.4. The molecular weight excluding hydrogens is 500 g/mol. The zero-order valence-electron chi connectivity index (χ0n) is 22.2. The van der Waals surface area contributed by atoms with Crippen LogP contribution in [-0.4, -0.2) is 40.5 Å². The summed E-state index contributed by atoms with van der Waals surface area (Å²) in [6.45, 7) is 6.00. The highest BCUT2D eigenvalue weighted by atomic mass is 19.1. The number of rotatable bonds is 8. The zero-order chi connectivity index (χ0) is 27.5. The van der Waals surface area contributed by atoms with Crippen LogP contribution in [0.5, 0.6) is 5.75 Å². The van der Waals surface area contributed by atoms with E-state index in [1.54, 1.807) is 13.0 Å². The number of nitrogens with two attached hydrogens (primary N) is 1. The third-order valence-electron chi connectivity index (χ3n) is 7.37. The van der Waals surface area contributed by atoms with Gasteiger partial charge in [0.2, 0.25) is 0 Å². The van der Waals surface area contributed by atoms with Crippen LogP contribution in [0.4, 0.5) is 20.3 Å². The number of likely N-dealkylation sites (tertiary alicyclic amines) is 1. The molecule has 1 aromatic heterocycles. The van der Waals surface area contributed by atoms with Crippen LogP contribution < -0.4 is 15.8 Å². The molecule has 39 heavy (non-hydrogen) atoms. The molecule has 2 aromatic carbocycles. The molecule has 1 saturated heterocycles. The number of ether oxygens (including phenoxy) is 1. The van der Waals surface area contributed by atoms with Gasteiger partial charge in [-0.2, -0.15) is 0 Å². The lowest BCUT2D eigenvalue weighted by atomic mass is 9.99. The van der Waals surface area contributed by atoms with Gasteiger partial charge in [0.15, 0.2) is 11.6 Å². The van der Waals surface area contributed by atoms with Crippen LogP contribution in [-0.2, 0) is 0 Å². The molecule has 2 fully saturated rings. The molecule has 1 aliphatic heterocycles. The lowest BCUT2D eigenvalue weighted by molar-refractivity contribution is 0.102. The SMILES string of the molecule is CC=CN1CCC[C@@H](COc2c(N)ncnc2-c2cc(F)cc(NC(=O)c3ccc(C4CC4)cc3F)c2C)C1. The van der Waals surface area contributed by atoms with Crippen molar-refractivity contribution >= 4 is 17.4 Å². The molecule has 5 rings (SSSR count). The molecule has 1 atom stereocenters. The molecule has 7 nitrogen and oxygen atoms in total. The van der Waals surface area contributed by atoms with Crippen molar-refractivity contribution in [3.8, 4) is 17.0 Å². The Morgan fingerprint density at radius 1 is 1.21 bits per heavy atom. The number of carbonyl (C=O) groups excluding carboxylic acids is 1. The fourth-order valence-electron chi connectivity index (χ4n) is 5.13. The first kappa shape index (κ1) is 26.6. The molecule has 0 radical (unpaired) electrons. The van der Waals surface area contributed by atoms with Crippen molar-refractivity contribution in [2.24, 2.45) is 5.92 Å². The van der Waals surface area contributed by atoms with E-state index in [2.05, 4.69) is 26.4 Å². The first-order valence-electron chi connectivity index (χ1n) is 13.4. The van der Waals surface area contributed by atoms with Crippen molar-refractivity contribution in [1.82, 2.24) is 14.9 Å². The fraction of sp³-hybridized carbons (Fsp3) is 0.367. The van der Waals surface area contributed by atoms with Crippen molar-refractivity contribution in [3.63, 3.8) is 0 Å². The summed E-state index contributed by atoms with van der Waals surface area (Å²) in [5.74, 6) is -0.773. The second kappa shape index (κ2) is 11.4. The van der Waals surface area contributed by atoms with Gasteiger partial charge in [-0.15, -0.1) is 0 Å². The van der Waals surface area contributed by atoms with Gasteiger partial charge in [-0.05, 0) is 87.0 Å². The molecule has 0 bridgehead atoms. The van der Waals surface area contributed by atoms with E-state index in [1.165, 1.54) is 30.6 Å². The maximum absolute atomic E-state index is 14.8. The smallest absolute Gasteiger partial charge is 0.258 e. The number of anilines is 2. The van der Waals surface area contributed by atoms with Crippen LogP contribution in [0.2, 0.25) is 0 Å². The van der Waals surface area contributed by atoms with Gasteiger partial charge in [-0.25, -0.2) is 18.7 Å². The number of amides is 1. The molecule has 1 aliphatic carbocycles. The molecule has 1 amide bonds. The van der Waals surface area contributed by atoms with E-state index in [9.17, 15) is 13.6 Å². The van der Waals surface area contributed by atoms with Gasteiger partial charge in [0, 0.05) is 30.3 Å². The summed E-state index contributed by atoms with van der Waals surface area (Å²) >= 11 is 0. The minimum atomic E-state index is -0.656. The zero-order valence-corrected chi connectivity index (χ0v) is 22.2. The van der Waals surface area contributed by atoms with Crippen molar-refractivity contribution < 1.29 is 18.3 Å². The van der Waals surface area contributed by atoms with Crippen LogP contribution in [0, 0.1) is 24.5 Å². The van der Waals surface area contributed by atoms with Crippen molar-refractivity contribution in [2.45, 2.75) is 45.4 Å². The maximum Gasteiger partial charge on any atom is 0.258 e. The van der Waals surface area contributed by atoms with Gasteiger partial charge in [0.25, 0.3) is 5.91 Å². The third-order valence-corrected chi connectivity index (χ3v) is 7.37. The summed E-state index contributed by atoms with van der Waals surface area (Å²) in [6.07, 6.45) is 9.54. The lowest BCUT2D eigenvalue weighted by Gasteiger charge is -2.31. The minimum absolute atomic E-state index is 0.0978. The Morgan fingerprint density at radius 2 is 2.03 bits per heavy atom. The topological polar surface area (TPSA) is 93.4 Å². The highest BCUT2D eigenvalue weighted by Crippen LogP contribution is 2.41. The average molecular weight is 534 g/mol. The average Bonchev–Trinajstić information content (AvgIpc) is 3.76. The van der Waals surface area contributed by atoms with Crippen molar-refractivity contribution in [2.75, 3.05) is 30.7 Å². The van der Waals surface area contributed by atoms with Crippen molar-refractivity contribution in [1.29, 1.82) is 0 Å². The summed E-state index contributed by atoms with van der Waals surface area (Å²) in [5, 5.41) is 2.67. The largest absolute Gasteiger partial charge is 0.487 e. The Bertz CT molecular complexity index is 1410. The van der Waals surface area contributed by atoms with E-state index in [0.29, 0.717) is 29.3 Å². The highest BCUT2D eigenvalue weighted by molar-refractivity contribution is 6.05. The molecule has 2 heterocycles. The molecule has 1 saturated carbocycles. The minimum Gasteiger partial charge on any atom is -0.487 e. The highest BCUT2D eigenvalue weighted by Gasteiger charge is 2.26. The van der Waals surface area contributed by atoms with E-state index < -0.39 is 17.5 Å². The third kappa shape index (κ3) is 6.02. The van der Waals surface area contributed by atoms with Gasteiger partial charge in [-0.3, -0.25) is 4.79 Å². The van der Waals surface area contributed by atoms with Crippen molar-refractivity contribution in [3.05, 3.63) is 77.3 Å². The van der Waals surface area contributed by atoms with E-state index >= 15 is 0 Å². The van der Waals surface area contributed by atoms with Gasteiger partial charge in [-0.1, -0.05) is 12.1 Å². The molecule has 204 valence electrons. The molecule has 9 heteroatoms. The van der Waals surface area contributed by atoms with Crippen LogP contribution in [0.25, 0.3) is 11.3 Å². The van der Waals surface area contributed by atoms with E-state index in [4.69, 9.17) is 10.5 Å². The Labute approximate surface area is 227 Å². The number of aromatic nitrogens is 2. The predicted molar refractivity (Wildman–Crippen MR) is 148 cm³/mol. The molecule has 0 spiro atoms. The van der Waals surface area contributed by atoms with Gasteiger partial charge < -0.3 is 20.7 Å². The monoisotopic (exact) mass is 533 g/mol. The van der Waals surface area contributed by atoms with Gasteiger partial charge in [0.05, 0.1) is 12.2 Å². The van der Waals surface area contributed by atoms with E-state index in [-0.39, 0.29) is 28.7 Å². The standard InChI is InChI=1S/C30H33F2N5O2/c1-3-10-37-11-4-5-19(15-37)16-39-28-27(34-17-35-29(28)33)24-13-22(31)14-26(18(24)2)36-30(38)23-9-8-21(12-25(23)32)20-6-7-20/h3,8-10,12-14,17,19-20H,4-7,11,15-16H2,1-2H3,(H,36,38)(H2,33,34,35)/t19-/m1/s1. The summed E-state index contributed by atoms with van der Waals surface area (Å²) in [6, 6.07) is 7.19. The number of nitrogen functional groups attached to an aromatic ring is 1. The number of benzene rings is 2. The molecule has 3 N–H and O–H groups in total. The number of hydrogen-bond acceptors (Lipinski definition) is 6. The predicted octanol–water partition coefficient (Wildman–Crippen LogP) is 6.07. The number of piperidine rings is 1. The van der Waals surface area contributed by atoms with Gasteiger partial charge >= 0.3 is 0 Å². The normalized spacial score (nSPS) is 17.4. The number of halogens is 2. The number of nitrogens with one attached hydrogen (secondary N) is 1. The quantitative estimate of drug-likeness (QED) is 0.365. The first-order chi connectivity index (χ1) is 18.8. The van der Waals surface area contributed by atoms with Crippen LogP contribution in [0.1, 0.15) is 60.0 Å². The number of hydrogen-bond donors (Lipinski definition) is 2. The fourth-order valence-corrected chi connectivity index (χ4v) is 5.13. The second-order valence-electron chi connectivity index (χ2n) is 10.3. The Morgan fingerprint density at radius 3 is 2.77 bits per heavy atom. The Kier molecular flexibility index (Phi) is 7.77. The van der Waals surface area contributed by atoms with Crippen LogP contribution >= 0.6 is 0 Å². The summed E-state index contributed by atoms with van der Waals surface area (Å²) in [4.78, 5) is 23.7. The Hall–Kier alpha value is -4.01. The Balaban J connectivity index is 1.39. The van der Waals surface area contributed by atoms with Gasteiger partial charge in [0.1, 0.15) is 23.7 Å². The number of allylic oxidation sites excluding steroid dienone is 1. The van der Waals surface area contributed by atoms with E-state index in [0.717, 1.165) is 44.3 Å². The second-order valence-corrected chi connectivity index (χ2v) is 10.3. The summed E-state index contributed by atoms with van der Waals surface area (Å²) in [7, 11) is 0. The van der Waals surface area contributed by atoms with Crippen LogP contribution in [0.15, 0.2) is 48.9 Å². The maximum atomic E-state index is 14.8. The number of nitrogens with zero attached hydrogens (tertiary/aromatic N) is 3. The molecule has 0 unspecified atom stereocenters. The molecule has 3 aromatic rings. The molecule has 2 aliphatic rings. The van der Waals surface area contributed by atoms with Crippen LogP contribution in [0.3, 0.4) is 0 Å². The molecular formula is C30H33F2N5O2. The number of carbonyl (C=O) groups is 1. The summed E-state index contributed by atoms with van der Waals surface area (Å²) < 4.78 is 35.7.